The summed E-state index contributed by atoms with van der Waals surface area (Å²) in [4.78, 5) is 6.82. The Morgan fingerprint density at radius 3 is 2.57 bits per heavy atom. The van der Waals surface area contributed by atoms with Crippen molar-refractivity contribution in [2.24, 2.45) is 0 Å². The van der Waals surface area contributed by atoms with Gasteiger partial charge in [0.05, 0.1) is 6.20 Å². The van der Waals surface area contributed by atoms with Crippen molar-refractivity contribution in [2.75, 3.05) is 31.1 Å². The first-order valence-electron chi connectivity index (χ1n) is 7.26. The zero-order valence-corrected chi connectivity index (χ0v) is 11.7. The molecule has 1 fully saturated rings. The standard InChI is InChI=1S/C16H17N5/c1-3-15(20-9-7-17-8-10-20)4-2-13(1)14-11-18-16-5-6-19-21(16)12-14/h1-6,11-12,17H,7-10H2. The molecule has 0 unspecified atom stereocenters. The van der Waals surface area contributed by atoms with Crippen molar-refractivity contribution in [2.45, 2.75) is 0 Å². The lowest BCUT2D eigenvalue weighted by Gasteiger charge is -2.29. The maximum absolute atomic E-state index is 4.41. The maximum Gasteiger partial charge on any atom is 0.154 e. The minimum Gasteiger partial charge on any atom is -0.369 e. The van der Waals surface area contributed by atoms with Gasteiger partial charge in [-0.1, -0.05) is 12.1 Å². The Morgan fingerprint density at radius 2 is 1.76 bits per heavy atom. The molecule has 4 rings (SSSR count). The molecule has 1 aromatic carbocycles. The van der Waals surface area contributed by atoms with E-state index in [0.717, 1.165) is 37.4 Å². The van der Waals surface area contributed by atoms with Gasteiger partial charge in [-0.2, -0.15) is 5.10 Å². The van der Waals surface area contributed by atoms with Crippen molar-refractivity contribution in [1.82, 2.24) is 19.9 Å². The lowest BCUT2D eigenvalue weighted by molar-refractivity contribution is 0.589. The van der Waals surface area contributed by atoms with E-state index in [0.29, 0.717) is 0 Å². The lowest BCUT2D eigenvalue weighted by atomic mass is 10.1. The molecule has 0 atom stereocenters. The van der Waals surface area contributed by atoms with E-state index in [-0.39, 0.29) is 0 Å². The van der Waals surface area contributed by atoms with E-state index in [4.69, 9.17) is 0 Å². The average molecular weight is 279 g/mol. The van der Waals surface area contributed by atoms with Gasteiger partial charge < -0.3 is 10.2 Å². The van der Waals surface area contributed by atoms with Crippen LogP contribution in [-0.4, -0.2) is 40.8 Å². The van der Waals surface area contributed by atoms with Crippen LogP contribution in [-0.2, 0) is 0 Å². The molecule has 1 N–H and O–H groups in total. The quantitative estimate of drug-likeness (QED) is 0.777. The zero-order valence-electron chi connectivity index (χ0n) is 11.7. The minimum absolute atomic E-state index is 0.871. The number of anilines is 1. The van der Waals surface area contributed by atoms with E-state index < -0.39 is 0 Å². The van der Waals surface area contributed by atoms with Gasteiger partial charge in [-0.3, -0.25) is 0 Å². The smallest absolute Gasteiger partial charge is 0.154 e. The van der Waals surface area contributed by atoms with Crippen molar-refractivity contribution >= 4 is 11.3 Å². The van der Waals surface area contributed by atoms with E-state index >= 15 is 0 Å². The predicted molar refractivity (Wildman–Crippen MR) is 83.5 cm³/mol. The van der Waals surface area contributed by atoms with Gasteiger partial charge in [0.2, 0.25) is 0 Å². The summed E-state index contributed by atoms with van der Waals surface area (Å²) in [6.45, 7) is 4.25. The first kappa shape index (κ1) is 12.3. The number of nitrogens with one attached hydrogen (secondary N) is 1. The number of piperazine rings is 1. The van der Waals surface area contributed by atoms with E-state index in [9.17, 15) is 0 Å². The fourth-order valence-corrected chi connectivity index (χ4v) is 2.75. The topological polar surface area (TPSA) is 45.5 Å². The molecule has 0 aliphatic carbocycles. The zero-order chi connectivity index (χ0) is 14.1. The fraction of sp³-hybridized carbons (Fsp3) is 0.250. The summed E-state index contributed by atoms with van der Waals surface area (Å²) in [6.07, 6.45) is 5.68. The number of fused-ring (bicyclic) bond motifs is 1. The van der Waals surface area contributed by atoms with Crippen LogP contribution in [0.1, 0.15) is 0 Å². The van der Waals surface area contributed by atoms with Gasteiger partial charge in [0.1, 0.15) is 0 Å². The van der Waals surface area contributed by atoms with Crippen LogP contribution in [0.3, 0.4) is 0 Å². The van der Waals surface area contributed by atoms with Crippen LogP contribution in [0.25, 0.3) is 16.8 Å². The summed E-state index contributed by atoms with van der Waals surface area (Å²) in [5.41, 5.74) is 4.40. The molecule has 2 aromatic heterocycles. The van der Waals surface area contributed by atoms with Gasteiger partial charge in [0.25, 0.3) is 0 Å². The molecule has 1 saturated heterocycles. The van der Waals surface area contributed by atoms with E-state index in [2.05, 4.69) is 44.6 Å². The molecule has 1 aliphatic heterocycles. The number of nitrogens with zero attached hydrogens (tertiary/aromatic N) is 4. The average Bonchev–Trinajstić information content (AvgIpc) is 3.03. The van der Waals surface area contributed by atoms with Crippen LogP contribution in [0.5, 0.6) is 0 Å². The third kappa shape index (κ3) is 2.36. The highest BCUT2D eigenvalue weighted by molar-refractivity contribution is 5.66. The van der Waals surface area contributed by atoms with Crippen molar-refractivity contribution in [1.29, 1.82) is 0 Å². The maximum atomic E-state index is 4.41. The molecule has 0 amide bonds. The highest BCUT2D eigenvalue weighted by Gasteiger charge is 2.10. The summed E-state index contributed by atoms with van der Waals surface area (Å²) < 4.78 is 1.81. The van der Waals surface area contributed by atoms with Gasteiger partial charge in [-0.15, -0.1) is 0 Å². The molecular weight excluding hydrogens is 262 g/mol. The van der Waals surface area contributed by atoms with Crippen LogP contribution in [0, 0.1) is 0 Å². The third-order valence-electron chi connectivity index (χ3n) is 3.93. The van der Waals surface area contributed by atoms with Crippen LogP contribution >= 0.6 is 0 Å². The first-order chi connectivity index (χ1) is 10.4. The van der Waals surface area contributed by atoms with Gasteiger partial charge >= 0.3 is 0 Å². The molecule has 5 heteroatoms. The van der Waals surface area contributed by atoms with Crippen molar-refractivity contribution in [3.63, 3.8) is 0 Å². The molecule has 0 radical (unpaired) electrons. The molecule has 0 saturated carbocycles. The van der Waals surface area contributed by atoms with Crippen LogP contribution < -0.4 is 10.2 Å². The molecule has 1 aliphatic rings. The molecule has 0 bridgehead atoms. The second kappa shape index (κ2) is 5.18. The fourth-order valence-electron chi connectivity index (χ4n) is 2.75. The summed E-state index contributed by atoms with van der Waals surface area (Å²) in [5, 5.41) is 7.61. The Morgan fingerprint density at radius 1 is 0.952 bits per heavy atom. The molecule has 3 heterocycles. The van der Waals surface area contributed by atoms with Crippen LogP contribution in [0.4, 0.5) is 5.69 Å². The van der Waals surface area contributed by atoms with Gasteiger partial charge in [0.15, 0.2) is 5.65 Å². The third-order valence-corrected chi connectivity index (χ3v) is 3.93. The van der Waals surface area contributed by atoms with Crippen molar-refractivity contribution in [3.05, 3.63) is 48.9 Å². The SMILES string of the molecule is c1cc2ncc(-c3ccc(N4CCNCC4)cc3)cn2n1. The molecule has 5 nitrogen and oxygen atoms in total. The number of rotatable bonds is 2. The summed E-state index contributed by atoms with van der Waals surface area (Å²) in [6, 6.07) is 10.6. The summed E-state index contributed by atoms with van der Waals surface area (Å²) in [7, 11) is 0. The van der Waals surface area contributed by atoms with E-state index in [1.165, 1.54) is 11.3 Å². The second-order valence-electron chi connectivity index (χ2n) is 5.26. The Labute approximate surface area is 123 Å². The number of aromatic nitrogens is 3. The van der Waals surface area contributed by atoms with E-state index in [1.54, 1.807) is 10.7 Å². The number of benzene rings is 1. The minimum atomic E-state index is 0.871. The largest absolute Gasteiger partial charge is 0.369 e. The van der Waals surface area contributed by atoms with Crippen LogP contribution in [0.15, 0.2) is 48.9 Å². The molecule has 106 valence electrons. The Hall–Kier alpha value is -2.40. The molecule has 0 spiro atoms. The summed E-state index contributed by atoms with van der Waals surface area (Å²) in [5.74, 6) is 0. The van der Waals surface area contributed by atoms with Gasteiger partial charge in [-0.25, -0.2) is 9.50 Å². The van der Waals surface area contributed by atoms with Crippen molar-refractivity contribution < 1.29 is 0 Å². The van der Waals surface area contributed by atoms with E-state index in [1.807, 2.05) is 18.5 Å². The predicted octanol–water partition coefficient (Wildman–Crippen LogP) is 1.81. The van der Waals surface area contributed by atoms with Crippen LogP contribution in [0.2, 0.25) is 0 Å². The summed E-state index contributed by atoms with van der Waals surface area (Å²) >= 11 is 0. The normalized spacial score (nSPS) is 15.5. The Balaban J connectivity index is 1.62. The van der Waals surface area contributed by atoms with Crippen molar-refractivity contribution in [3.8, 4) is 11.1 Å². The van der Waals surface area contributed by atoms with Gasteiger partial charge in [-0.05, 0) is 17.7 Å². The highest BCUT2D eigenvalue weighted by atomic mass is 15.2. The lowest BCUT2D eigenvalue weighted by Crippen LogP contribution is -2.43. The second-order valence-corrected chi connectivity index (χ2v) is 5.26. The Kier molecular flexibility index (Phi) is 3.05. The molecule has 21 heavy (non-hydrogen) atoms. The molecular formula is C16H17N5. The monoisotopic (exact) mass is 279 g/mol. The highest BCUT2D eigenvalue weighted by Crippen LogP contribution is 2.23. The number of hydrogen-bond donors (Lipinski definition) is 1. The number of hydrogen-bond acceptors (Lipinski definition) is 4. The van der Waals surface area contributed by atoms with Gasteiger partial charge in [0, 0.05) is 55.9 Å². The molecule has 3 aromatic rings. The first-order valence-corrected chi connectivity index (χ1v) is 7.26. The Bertz CT molecular complexity index is 741.